The van der Waals surface area contributed by atoms with E-state index >= 15 is 0 Å². The summed E-state index contributed by atoms with van der Waals surface area (Å²) in [5, 5.41) is 2.84. The van der Waals surface area contributed by atoms with Crippen molar-refractivity contribution in [3.8, 4) is 5.75 Å². The summed E-state index contributed by atoms with van der Waals surface area (Å²) in [5.41, 5.74) is 3.24. The highest BCUT2D eigenvalue weighted by Crippen LogP contribution is 2.20. The Morgan fingerprint density at radius 2 is 2.00 bits per heavy atom. The highest BCUT2D eigenvalue weighted by Gasteiger charge is 2.11. The van der Waals surface area contributed by atoms with Crippen molar-refractivity contribution in [2.75, 3.05) is 13.2 Å². The summed E-state index contributed by atoms with van der Waals surface area (Å²) in [4.78, 5) is 15.8. The summed E-state index contributed by atoms with van der Waals surface area (Å²) < 4.78 is 8.29. The molecule has 1 N–H and O–H groups in total. The van der Waals surface area contributed by atoms with Crippen LogP contribution < -0.4 is 10.1 Å². The van der Waals surface area contributed by atoms with Gasteiger partial charge in [0.25, 0.3) is 0 Å². The van der Waals surface area contributed by atoms with E-state index in [1.54, 1.807) is 0 Å². The molecule has 28 heavy (non-hydrogen) atoms. The minimum atomic E-state index is 0.0000856. The highest BCUT2D eigenvalue weighted by molar-refractivity contribution is 5.76. The van der Waals surface area contributed by atoms with Gasteiger partial charge in [0.05, 0.1) is 17.6 Å². The number of nitrogens with zero attached hydrogens (tertiary/aromatic N) is 2. The molecule has 1 heterocycles. The van der Waals surface area contributed by atoms with Crippen molar-refractivity contribution in [1.29, 1.82) is 0 Å². The van der Waals surface area contributed by atoms with Crippen molar-refractivity contribution in [3.05, 3.63) is 72.6 Å². The zero-order valence-corrected chi connectivity index (χ0v) is 16.4. The number of benzene rings is 2. The molecular weight excluding hydrogens is 350 g/mol. The molecule has 3 aromatic rings. The number of amides is 1. The van der Waals surface area contributed by atoms with Crippen LogP contribution in [-0.4, -0.2) is 28.6 Å². The van der Waals surface area contributed by atoms with Crippen LogP contribution in [0.25, 0.3) is 11.0 Å². The lowest BCUT2D eigenvalue weighted by Gasteiger charge is -2.13. The van der Waals surface area contributed by atoms with Crippen molar-refractivity contribution in [1.82, 2.24) is 14.9 Å². The maximum atomic E-state index is 11.1. The molecule has 0 saturated carbocycles. The van der Waals surface area contributed by atoms with Gasteiger partial charge in [0.15, 0.2) is 0 Å². The van der Waals surface area contributed by atoms with Crippen LogP contribution in [-0.2, 0) is 24.2 Å². The van der Waals surface area contributed by atoms with E-state index in [1.807, 2.05) is 42.5 Å². The van der Waals surface area contributed by atoms with Gasteiger partial charge in [0.1, 0.15) is 18.2 Å². The third-order valence-electron chi connectivity index (χ3n) is 4.59. The van der Waals surface area contributed by atoms with Crippen molar-refractivity contribution in [2.24, 2.45) is 0 Å². The van der Waals surface area contributed by atoms with E-state index in [4.69, 9.17) is 9.72 Å². The van der Waals surface area contributed by atoms with E-state index < -0.39 is 0 Å². The van der Waals surface area contributed by atoms with Crippen LogP contribution in [0.4, 0.5) is 0 Å². The van der Waals surface area contributed by atoms with Crippen molar-refractivity contribution < 1.29 is 9.53 Å². The molecule has 5 heteroatoms. The van der Waals surface area contributed by atoms with Gasteiger partial charge in [0.2, 0.25) is 5.91 Å². The zero-order valence-electron chi connectivity index (χ0n) is 16.4. The Hall–Kier alpha value is -3.08. The fourth-order valence-corrected chi connectivity index (χ4v) is 3.29. The van der Waals surface area contributed by atoms with Crippen LogP contribution in [0, 0.1) is 0 Å². The standard InChI is InChI=1S/C23H27N3O2/c1-3-9-19-10-4-7-13-22(19)28-17-16-26-21-12-6-5-11-20(21)25-23(26)14-8-15-24-18(2)27/h3-7,10-13H,1,8-9,14-17H2,2H3,(H,24,27). The molecule has 0 spiro atoms. The van der Waals surface area contributed by atoms with Gasteiger partial charge >= 0.3 is 0 Å². The van der Waals surface area contributed by atoms with E-state index in [2.05, 4.69) is 28.6 Å². The number of allylic oxidation sites excluding steroid dienone is 1. The largest absolute Gasteiger partial charge is 0.491 e. The molecule has 0 aliphatic carbocycles. The molecule has 0 radical (unpaired) electrons. The summed E-state index contributed by atoms with van der Waals surface area (Å²) in [7, 11) is 0. The number of ether oxygens (including phenoxy) is 1. The van der Waals surface area contributed by atoms with Crippen molar-refractivity contribution in [2.45, 2.75) is 32.7 Å². The number of imidazole rings is 1. The second-order valence-electron chi connectivity index (χ2n) is 6.70. The predicted molar refractivity (Wildman–Crippen MR) is 113 cm³/mol. The minimum absolute atomic E-state index is 0.0000856. The van der Waals surface area contributed by atoms with E-state index in [0.29, 0.717) is 13.2 Å². The van der Waals surface area contributed by atoms with Crippen LogP contribution in [0.2, 0.25) is 0 Å². The Bertz CT molecular complexity index is 946. The second kappa shape index (κ2) is 9.74. The van der Waals surface area contributed by atoms with Crippen LogP contribution in [0.1, 0.15) is 24.7 Å². The van der Waals surface area contributed by atoms with Crippen LogP contribution >= 0.6 is 0 Å². The first-order valence-corrected chi connectivity index (χ1v) is 9.69. The Labute approximate surface area is 166 Å². The molecule has 146 valence electrons. The summed E-state index contributed by atoms with van der Waals surface area (Å²) in [6.45, 7) is 7.29. The first-order chi connectivity index (χ1) is 13.7. The summed E-state index contributed by atoms with van der Waals surface area (Å²) in [5.74, 6) is 1.92. The smallest absolute Gasteiger partial charge is 0.216 e. The molecule has 0 aliphatic heterocycles. The van der Waals surface area contributed by atoms with Gasteiger partial charge < -0.3 is 14.6 Å². The summed E-state index contributed by atoms with van der Waals surface area (Å²) in [6, 6.07) is 16.2. The van der Waals surface area contributed by atoms with E-state index in [9.17, 15) is 4.79 Å². The van der Waals surface area contributed by atoms with Crippen LogP contribution in [0.5, 0.6) is 5.75 Å². The summed E-state index contributed by atoms with van der Waals surface area (Å²) >= 11 is 0. The highest BCUT2D eigenvalue weighted by atomic mass is 16.5. The summed E-state index contributed by atoms with van der Waals surface area (Å²) in [6.07, 6.45) is 4.34. The fourth-order valence-electron chi connectivity index (χ4n) is 3.29. The number of aryl methyl sites for hydroxylation is 1. The number of nitrogens with one attached hydrogen (secondary N) is 1. The molecule has 3 rings (SSSR count). The van der Waals surface area contributed by atoms with Crippen molar-refractivity contribution in [3.63, 3.8) is 0 Å². The molecule has 0 aliphatic rings. The molecule has 1 amide bonds. The lowest BCUT2D eigenvalue weighted by molar-refractivity contribution is -0.118. The Balaban J connectivity index is 1.70. The average molecular weight is 377 g/mol. The van der Waals surface area contributed by atoms with E-state index in [1.165, 1.54) is 6.92 Å². The van der Waals surface area contributed by atoms with E-state index in [-0.39, 0.29) is 5.91 Å². The Morgan fingerprint density at radius 1 is 1.21 bits per heavy atom. The molecule has 0 fully saturated rings. The number of carbonyl (C=O) groups is 1. The molecule has 0 saturated heterocycles. The number of para-hydroxylation sites is 3. The van der Waals surface area contributed by atoms with Gasteiger partial charge in [-0.3, -0.25) is 4.79 Å². The van der Waals surface area contributed by atoms with Crippen LogP contribution in [0.3, 0.4) is 0 Å². The molecule has 0 atom stereocenters. The normalized spacial score (nSPS) is 10.8. The lowest BCUT2D eigenvalue weighted by Crippen LogP contribution is -2.21. The Kier molecular flexibility index (Phi) is 6.84. The lowest BCUT2D eigenvalue weighted by atomic mass is 10.1. The number of aromatic nitrogens is 2. The number of rotatable bonds is 10. The van der Waals surface area contributed by atoms with Gasteiger partial charge in [0, 0.05) is 19.9 Å². The maximum absolute atomic E-state index is 11.1. The first-order valence-electron chi connectivity index (χ1n) is 9.69. The average Bonchev–Trinajstić information content (AvgIpc) is 3.04. The molecule has 0 unspecified atom stereocenters. The number of hydrogen-bond acceptors (Lipinski definition) is 3. The molecule has 5 nitrogen and oxygen atoms in total. The molecule has 2 aromatic carbocycles. The zero-order chi connectivity index (χ0) is 19.8. The molecular formula is C23H27N3O2. The predicted octanol–water partition coefficient (Wildman–Crippen LogP) is 3.91. The minimum Gasteiger partial charge on any atom is -0.491 e. The molecule has 0 bridgehead atoms. The number of hydrogen-bond donors (Lipinski definition) is 1. The van der Waals surface area contributed by atoms with Gasteiger partial charge in [-0.05, 0) is 36.6 Å². The second-order valence-corrected chi connectivity index (χ2v) is 6.70. The van der Waals surface area contributed by atoms with Gasteiger partial charge in [-0.1, -0.05) is 36.4 Å². The SMILES string of the molecule is C=CCc1ccccc1OCCn1c(CCCNC(C)=O)nc2ccccc21. The number of fused-ring (bicyclic) bond motifs is 1. The quantitative estimate of drug-likeness (QED) is 0.430. The third kappa shape index (κ3) is 5.00. The van der Waals surface area contributed by atoms with Gasteiger partial charge in [-0.15, -0.1) is 6.58 Å². The topological polar surface area (TPSA) is 56.1 Å². The number of carbonyl (C=O) groups excluding carboxylic acids is 1. The van der Waals surface area contributed by atoms with Crippen molar-refractivity contribution >= 4 is 16.9 Å². The van der Waals surface area contributed by atoms with E-state index in [0.717, 1.165) is 54.0 Å². The first kappa shape index (κ1) is 19.7. The maximum Gasteiger partial charge on any atom is 0.216 e. The third-order valence-corrected chi connectivity index (χ3v) is 4.59. The molecule has 1 aromatic heterocycles. The fraction of sp³-hybridized carbons (Fsp3) is 0.304. The van der Waals surface area contributed by atoms with Gasteiger partial charge in [-0.2, -0.15) is 0 Å². The Morgan fingerprint density at radius 3 is 2.82 bits per heavy atom. The van der Waals surface area contributed by atoms with Gasteiger partial charge in [-0.25, -0.2) is 4.98 Å². The monoisotopic (exact) mass is 377 g/mol. The van der Waals surface area contributed by atoms with Crippen LogP contribution in [0.15, 0.2) is 61.2 Å².